The largest absolute Gasteiger partial charge is 0.519 e. The lowest BCUT2D eigenvalue weighted by Gasteiger charge is -2.12. The van der Waals surface area contributed by atoms with Gasteiger partial charge in [-0.2, -0.15) is 0 Å². The summed E-state index contributed by atoms with van der Waals surface area (Å²) in [6.07, 6.45) is 7.64. The lowest BCUT2D eigenvalue weighted by atomic mass is 10.0. The van der Waals surface area contributed by atoms with Crippen molar-refractivity contribution in [1.82, 2.24) is 0 Å². The zero-order chi connectivity index (χ0) is 26.3. The zero-order valence-electron chi connectivity index (χ0n) is 20.0. The lowest BCUT2D eigenvalue weighted by molar-refractivity contribution is -0.385. The number of halogens is 2. The summed E-state index contributed by atoms with van der Waals surface area (Å²) in [5.74, 6) is 0.397. The molecule has 0 saturated carbocycles. The third-order valence-corrected chi connectivity index (χ3v) is 6.68. The minimum absolute atomic E-state index is 0.0799. The van der Waals surface area contributed by atoms with Gasteiger partial charge < -0.3 is 9.47 Å². The number of ether oxygens (including phenoxy) is 2. The Labute approximate surface area is 227 Å². The predicted molar refractivity (Wildman–Crippen MR) is 145 cm³/mol. The van der Waals surface area contributed by atoms with Crippen LogP contribution in [0.15, 0.2) is 36.4 Å². The van der Waals surface area contributed by atoms with Crippen LogP contribution in [-0.4, -0.2) is 26.7 Å². The molecule has 36 heavy (non-hydrogen) atoms. The number of non-ortho nitro benzene ring substituents is 2. The third-order valence-electron chi connectivity index (χ3n) is 5.56. The summed E-state index contributed by atoms with van der Waals surface area (Å²) in [6, 6.07) is 8.18. The molecular formula is C25H30Br2N2O7. The second-order valence-corrected chi connectivity index (χ2v) is 9.84. The summed E-state index contributed by atoms with van der Waals surface area (Å²) in [6.45, 7) is 0. The van der Waals surface area contributed by atoms with E-state index in [0.717, 1.165) is 62.0 Å². The molecule has 196 valence electrons. The molecule has 0 aliphatic carbocycles. The van der Waals surface area contributed by atoms with Gasteiger partial charge in [0.2, 0.25) is 0 Å². The minimum atomic E-state index is -1.00. The van der Waals surface area contributed by atoms with Crippen LogP contribution in [0.5, 0.6) is 11.5 Å². The molecule has 9 nitrogen and oxygen atoms in total. The second kappa shape index (κ2) is 16.3. The van der Waals surface area contributed by atoms with Crippen molar-refractivity contribution in [3.8, 4) is 11.5 Å². The summed E-state index contributed by atoms with van der Waals surface area (Å²) in [5.41, 5.74) is 0.943. The Balaban J connectivity index is 2.13. The summed E-state index contributed by atoms with van der Waals surface area (Å²) in [4.78, 5) is 34.1. The molecule has 0 saturated heterocycles. The number of carbonyl (C=O) groups is 1. The summed E-state index contributed by atoms with van der Waals surface area (Å²) < 4.78 is 10.8. The van der Waals surface area contributed by atoms with Crippen LogP contribution in [0.1, 0.15) is 62.5 Å². The van der Waals surface area contributed by atoms with Gasteiger partial charge in [0, 0.05) is 46.1 Å². The van der Waals surface area contributed by atoms with E-state index in [9.17, 15) is 25.0 Å². The van der Waals surface area contributed by atoms with Crippen molar-refractivity contribution in [3.63, 3.8) is 0 Å². The van der Waals surface area contributed by atoms with Gasteiger partial charge >= 0.3 is 6.16 Å². The van der Waals surface area contributed by atoms with Crippen LogP contribution in [0.25, 0.3) is 0 Å². The Hall–Kier alpha value is -2.53. The number of unbranched alkanes of at least 4 members (excludes halogenated alkanes) is 6. The second-order valence-electron chi connectivity index (χ2n) is 8.26. The van der Waals surface area contributed by atoms with Crippen LogP contribution in [0.3, 0.4) is 0 Å². The summed E-state index contributed by atoms with van der Waals surface area (Å²) >= 11 is 6.79. The Morgan fingerprint density at radius 2 is 1.06 bits per heavy atom. The first-order valence-electron chi connectivity index (χ1n) is 11.9. The highest BCUT2D eigenvalue weighted by Gasteiger charge is 2.19. The van der Waals surface area contributed by atoms with Gasteiger partial charge in [-0.15, -0.1) is 0 Å². The van der Waals surface area contributed by atoms with E-state index in [0.29, 0.717) is 24.0 Å². The molecule has 2 aromatic carbocycles. The van der Waals surface area contributed by atoms with Gasteiger partial charge in [0.05, 0.1) is 9.85 Å². The monoisotopic (exact) mass is 628 g/mol. The maximum atomic E-state index is 12.6. The average Bonchev–Trinajstić information content (AvgIpc) is 2.85. The normalized spacial score (nSPS) is 10.7. The van der Waals surface area contributed by atoms with Crippen molar-refractivity contribution >= 4 is 49.4 Å². The van der Waals surface area contributed by atoms with Gasteiger partial charge in [-0.25, -0.2) is 4.79 Å². The van der Waals surface area contributed by atoms with E-state index in [1.165, 1.54) is 36.4 Å². The highest BCUT2D eigenvalue weighted by atomic mass is 79.9. The van der Waals surface area contributed by atoms with Gasteiger partial charge in [0.15, 0.2) is 0 Å². The van der Waals surface area contributed by atoms with E-state index < -0.39 is 16.0 Å². The standard InChI is InChI=1S/C25H30Br2N2O7/c26-15-7-3-1-5-9-19-17-21(28(31)32)11-13-23(19)35-25(30)36-24-14-12-22(29(33)34)18-20(24)10-6-2-4-8-16-27/h11-14,17-18H,1-10,15-16H2. The molecule has 0 amide bonds. The minimum Gasteiger partial charge on any atom is -0.394 e. The highest BCUT2D eigenvalue weighted by molar-refractivity contribution is 9.09. The number of carbonyl (C=O) groups excluding carboxylic acids is 1. The van der Waals surface area contributed by atoms with Crippen molar-refractivity contribution in [3.05, 3.63) is 67.8 Å². The molecule has 0 heterocycles. The summed E-state index contributed by atoms with van der Waals surface area (Å²) in [7, 11) is 0. The van der Waals surface area contributed by atoms with Gasteiger partial charge in [0.1, 0.15) is 11.5 Å². The SMILES string of the molecule is O=C(Oc1ccc([N+](=O)[O-])cc1CCCCCCBr)Oc1ccc([N+](=O)[O-])cc1CCCCCCBr. The van der Waals surface area contributed by atoms with Gasteiger partial charge in [0.25, 0.3) is 11.4 Å². The molecule has 0 fully saturated rings. The topological polar surface area (TPSA) is 122 Å². The molecule has 11 heteroatoms. The van der Waals surface area contributed by atoms with Crippen molar-refractivity contribution in [1.29, 1.82) is 0 Å². The van der Waals surface area contributed by atoms with Crippen molar-refractivity contribution in [2.24, 2.45) is 0 Å². The number of nitro groups is 2. The molecule has 0 bridgehead atoms. The van der Waals surface area contributed by atoms with Crippen molar-refractivity contribution in [2.75, 3.05) is 10.7 Å². The maximum absolute atomic E-state index is 12.6. The fraction of sp³-hybridized carbons (Fsp3) is 0.480. The van der Waals surface area contributed by atoms with Crippen molar-refractivity contribution < 1.29 is 24.1 Å². The van der Waals surface area contributed by atoms with Crippen LogP contribution >= 0.6 is 31.9 Å². The first-order valence-corrected chi connectivity index (χ1v) is 14.2. The fourth-order valence-corrected chi connectivity index (χ4v) is 4.47. The molecular weight excluding hydrogens is 600 g/mol. The Morgan fingerprint density at radius 1 is 0.667 bits per heavy atom. The maximum Gasteiger partial charge on any atom is 0.519 e. The average molecular weight is 630 g/mol. The van der Waals surface area contributed by atoms with Gasteiger partial charge in [-0.3, -0.25) is 20.2 Å². The number of nitrogens with zero attached hydrogens (tertiary/aromatic N) is 2. The van der Waals surface area contributed by atoms with Gasteiger partial charge in [-0.1, -0.05) is 57.5 Å². The molecule has 0 N–H and O–H groups in total. The highest BCUT2D eigenvalue weighted by Crippen LogP contribution is 2.29. The van der Waals surface area contributed by atoms with E-state index in [-0.39, 0.29) is 22.9 Å². The van der Waals surface area contributed by atoms with Crippen molar-refractivity contribution in [2.45, 2.75) is 64.2 Å². The van der Waals surface area contributed by atoms with E-state index in [1.807, 2.05) is 0 Å². The number of aryl methyl sites for hydroxylation is 2. The fourth-order valence-electron chi connectivity index (χ4n) is 3.68. The number of rotatable bonds is 16. The smallest absolute Gasteiger partial charge is 0.394 e. The molecule has 0 unspecified atom stereocenters. The number of hydrogen-bond acceptors (Lipinski definition) is 7. The quantitative estimate of drug-likeness (QED) is 0.0459. The molecule has 0 atom stereocenters. The number of benzene rings is 2. The molecule has 2 aromatic rings. The first kappa shape index (κ1) is 29.7. The van der Waals surface area contributed by atoms with Crippen LogP contribution in [0.4, 0.5) is 16.2 Å². The van der Waals surface area contributed by atoms with E-state index in [4.69, 9.17) is 9.47 Å². The molecule has 0 aromatic heterocycles. The summed E-state index contributed by atoms with van der Waals surface area (Å²) in [5, 5.41) is 24.3. The Kier molecular flexibility index (Phi) is 13.4. The first-order chi connectivity index (χ1) is 17.3. The Morgan fingerprint density at radius 3 is 1.42 bits per heavy atom. The van der Waals surface area contributed by atoms with Gasteiger partial charge in [-0.05, 0) is 50.7 Å². The van der Waals surface area contributed by atoms with Crippen LogP contribution < -0.4 is 9.47 Å². The zero-order valence-corrected chi connectivity index (χ0v) is 23.1. The number of hydrogen-bond donors (Lipinski definition) is 0. The number of alkyl halides is 2. The van der Waals surface area contributed by atoms with E-state index >= 15 is 0 Å². The molecule has 0 spiro atoms. The van der Waals surface area contributed by atoms with Crippen LogP contribution in [0.2, 0.25) is 0 Å². The molecule has 2 rings (SSSR count). The third kappa shape index (κ3) is 10.2. The van der Waals surface area contributed by atoms with E-state index in [1.54, 1.807) is 0 Å². The number of nitro benzene ring substituents is 2. The lowest BCUT2D eigenvalue weighted by Crippen LogP contribution is -2.16. The molecule has 0 aliphatic rings. The predicted octanol–water partition coefficient (Wildman–Crippen LogP) is 8.08. The Bertz CT molecular complexity index is 954. The van der Waals surface area contributed by atoms with Crippen LogP contribution in [0, 0.1) is 20.2 Å². The molecule has 0 radical (unpaired) electrons. The molecule has 0 aliphatic heterocycles. The van der Waals surface area contributed by atoms with E-state index in [2.05, 4.69) is 31.9 Å². The van der Waals surface area contributed by atoms with Crippen LogP contribution in [-0.2, 0) is 12.8 Å².